The van der Waals surface area contributed by atoms with Gasteiger partial charge in [0.2, 0.25) is 11.8 Å². The summed E-state index contributed by atoms with van der Waals surface area (Å²) in [4.78, 5) is 30.1. The SMILES string of the molecule is Cc1cc(NC(=O)C(C)C)ccc1N1CCC[C@@]2(CCN([C@H]3CC[C@H](O)CC3)C2=O)C1. The Morgan fingerprint density at radius 1 is 1.16 bits per heavy atom. The Morgan fingerprint density at radius 2 is 1.90 bits per heavy atom. The van der Waals surface area contributed by atoms with E-state index in [1.165, 1.54) is 0 Å². The number of piperidine rings is 1. The van der Waals surface area contributed by atoms with Crippen molar-refractivity contribution in [2.45, 2.75) is 77.9 Å². The van der Waals surface area contributed by atoms with Crippen molar-refractivity contribution in [3.05, 3.63) is 23.8 Å². The lowest BCUT2D eigenvalue weighted by Gasteiger charge is -2.42. The zero-order valence-corrected chi connectivity index (χ0v) is 19.2. The number of rotatable bonds is 4. The van der Waals surface area contributed by atoms with Crippen LogP contribution < -0.4 is 10.2 Å². The molecule has 1 aromatic rings. The van der Waals surface area contributed by atoms with Gasteiger partial charge in [-0.1, -0.05) is 13.8 Å². The summed E-state index contributed by atoms with van der Waals surface area (Å²) in [6.45, 7) is 8.45. The molecule has 1 aromatic carbocycles. The number of hydrogen-bond acceptors (Lipinski definition) is 4. The second kappa shape index (κ2) is 8.81. The van der Waals surface area contributed by atoms with Crippen LogP contribution >= 0.6 is 0 Å². The van der Waals surface area contributed by atoms with E-state index < -0.39 is 0 Å². The average molecular weight is 428 g/mol. The van der Waals surface area contributed by atoms with Crippen LogP contribution in [0.5, 0.6) is 0 Å². The van der Waals surface area contributed by atoms with E-state index in [2.05, 4.69) is 28.1 Å². The molecule has 4 rings (SSSR count). The normalized spacial score (nSPS) is 29.1. The highest BCUT2D eigenvalue weighted by atomic mass is 16.3. The summed E-state index contributed by atoms with van der Waals surface area (Å²) in [5.74, 6) is 0.304. The largest absolute Gasteiger partial charge is 0.393 e. The highest BCUT2D eigenvalue weighted by molar-refractivity contribution is 5.92. The van der Waals surface area contributed by atoms with Crippen LogP contribution in [0.1, 0.15) is 64.4 Å². The topological polar surface area (TPSA) is 72.9 Å². The van der Waals surface area contributed by atoms with E-state index in [0.717, 1.165) is 81.5 Å². The minimum Gasteiger partial charge on any atom is -0.393 e. The molecule has 2 amide bonds. The molecule has 1 spiro atoms. The summed E-state index contributed by atoms with van der Waals surface area (Å²) >= 11 is 0. The molecule has 1 aliphatic carbocycles. The maximum absolute atomic E-state index is 13.6. The summed E-state index contributed by atoms with van der Waals surface area (Å²) in [6, 6.07) is 6.40. The average Bonchev–Trinajstić information content (AvgIpc) is 3.04. The predicted molar refractivity (Wildman–Crippen MR) is 123 cm³/mol. The molecule has 170 valence electrons. The number of aliphatic hydroxyl groups excluding tert-OH is 1. The summed E-state index contributed by atoms with van der Waals surface area (Å²) < 4.78 is 0. The Labute approximate surface area is 186 Å². The molecular formula is C25H37N3O3. The number of likely N-dealkylation sites (tertiary alicyclic amines) is 1. The van der Waals surface area contributed by atoms with Crippen LogP contribution in [0.15, 0.2) is 18.2 Å². The van der Waals surface area contributed by atoms with E-state index in [4.69, 9.17) is 0 Å². The van der Waals surface area contributed by atoms with Gasteiger partial charge in [-0.05, 0) is 75.6 Å². The summed E-state index contributed by atoms with van der Waals surface area (Å²) in [7, 11) is 0. The molecule has 2 aliphatic heterocycles. The van der Waals surface area contributed by atoms with Crippen molar-refractivity contribution in [3.63, 3.8) is 0 Å². The van der Waals surface area contributed by atoms with Crippen LogP contribution in [-0.2, 0) is 9.59 Å². The van der Waals surface area contributed by atoms with Crippen LogP contribution in [0, 0.1) is 18.3 Å². The lowest BCUT2D eigenvalue weighted by atomic mass is 9.78. The lowest BCUT2D eigenvalue weighted by molar-refractivity contribution is -0.139. The van der Waals surface area contributed by atoms with Crippen molar-refractivity contribution in [2.24, 2.45) is 11.3 Å². The van der Waals surface area contributed by atoms with E-state index >= 15 is 0 Å². The molecule has 0 bridgehead atoms. The maximum Gasteiger partial charge on any atom is 0.230 e. The number of nitrogens with one attached hydrogen (secondary N) is 1. The molecule has 1 saturated carbocycles. The van der Waals surface area contributed by atoms with Crippen molar-refractivity contribution in [3.8, 4) is 0 Å². The van der Waals surface area contributed by atoms with Crippen molar-refractivity contribution in [1.29, 1.82) is 0 Å². The first-order valence-corrected chi connectivity index (χ1v) is 11.9. The first kappa shape index (κ1) is 22.1. The summed E-state index contributed by atoms with van der Waals surface area (Å²) in [6.07, 6.45) is 6.21. The molecule has 3 fully saturated rings. The number of anilines is 2. The van der Waals surface area contributed by atoms with Gasteiger partial charge in [0.15, 0.2) is 0 Å². The Hall–Kier alpha value is -2.08. The molecule has 2 N–H and O–H groups in total. The minimum atomic E-state index is -0.273. The van der Waals surface area contributed by atoms with Gasteiger partial charge in [-0.25, -0.2) is 0 Å². The number of hydrogen-bond donors (Lipinski definition) is 2. The van der Waals surface area contributed by atoms with Crippen LogP contribution in [0.25, 0.3) is 0 Å². The smallest absolute Gasteiger partial charge is 0.230 e. The minimum absolute atomic E-state index is 0.0240. The Kier molecular flexibility index (Phi) is 6.29. The fourth-order valence-corrected chi connectivity index (χ4v) is 5.66. The van der Waals surface area contributed by atoms with Crippen molar-refractivity contribution < 1.29 is 14.7 Å². The standard InChI is InChI=1S/C25H37N3O3/c1-17(2)23(30)26-19-5-10-22(18(3)15-19)27-13-4-11-25(16-27)12-14-28(24(25)31)20-6-8-21(29)9-7-20/h5,10,15,17,20-21,29H,4,6-9,11-14,16H2,1-3H3,(H,26,30)/t20-,21-,25-/m1/s1. The Bertz CT molecular complexity index is 831. The Balaban J connectivity index is 1.46. The fraction of sp³-hybridized carbons (Fsp3) is 0.680. The zero-order valence-electron chi connectivity index (χ0n) is 19.2. The van der Waals surface area contributed by atoms with Crippen LogP contribution in [0.4, 0.5) is 11.4 Å². The van der Waals surface area contributed by atoms with Crippen molar-refractivity contribution in [1.82, 2.24) is 4.90 Å². The van der Waals surface area contributed by atoms with Crippen molar-refractivity contribution in [2.75, 3.05) is 29.9 Å². The molecule has 0 unspecified atom stereocenters. The van der Waals surface area contributed by atoms with Gasteiger partial charge < -0.3 is 20.2 Å². The molecule has 1 atom stereocenters. The number of carbonyl (C=O) groups excluding carboxylic acids is 2. The van der Waals surface area contributed by atoms with E-state index in [1.807, 2.05) is 26.0 Å². The van der Waals surface area contributed by atoms with Gasteiger partial charge in [-0.3, -0.25) is 9.59 Å². The molecule has 3 aliphatic rings. The molecule has 0 aromatic heterocycles. The van der Waals surface area contributed by atoms with Gasteiger partial charge in [-0.2, -0.15) is 0 Å². The monoisotopic (exact) mass is 427 g/mol. The highest BCUT2D eigenvalue weighted by Crippen LogP contribution is 2.44. The molecular weight excluding hydrogens is 390 g/mol. The van der Waals surface area contributed by atoms with Gasteiger partial charge in [0.1, 0.15) is 0 Å². The number of benzene rings is 1. The van der Waals surface area contributed by atoms with Crippen LogP contribution in [0.2, 0.25) is 0 Å². The number of amides is 2. The van der Waals surface area contributed by atoms with Crippen LogP contribution in [0.3, 0.4) is 0 Å². The molecule has 6 nitrogen and oxygen atoms in total. The van der Waals surface area contributed by atoms with E-state index in [9.17, 15) is 14.7 Å². The first-order valence-electron chi connectivity index (χ1n) is 11.9. The van der Waals surface area contributed by atoms with Gasteiger partial charge in [-0.15, -0.1) is 0 Å². The molecule has 0 radical (unpaired) electrons. The third-order valence-electron chi connectivity index (χ3n) is 7.56. The molecule has 6 heteroatoms. The summed E-state index contributed by atoms with van der Waals surface area (Å²) in [5, 5.41) is 12.8. The molecule has 2 saturated heterocycles. The first-order chi connectivity index (χ1) is 14.8. The Morgan fingerprint density at radius 3 is 2.58 bits per heavy atom. The van der Waals surface area contributed by atoms with E-state index in [0.29, 0.717) is 11.9 Å². The molecule has 31 heavy (non-hydrogen) atoms. The van der Waals surface area contributed by atoms with Crippen molar-refractivity contribution >= 4 is 23.2 Å². The van der Waals surface area contributed by atoms with Gasteiger partial charge in [0, 0.05) is 43.0 Å². The van der Waals surface area contributed by atoms with E-state index in [-0.39, 0.29) is 23.3 Å². The number of carbonyl (C=O) groups is 2. The second-order valence-corrected chi connectivity index (χ2v) is 10.2. The summed E-state index contributed by atoms with van der Waals surface area (Å²) in [5.41, 5.74) is 2.84. The van der Waals surface area contributed by atoms with E-state index in [1.54, 1.807) is 0 Å². The molecule has 2 heterocycles. The fourth-order valence-electron chi connectivity index (χ4n) is 5.66. The zero-order chi connectivity index (χ0) is 22.2. The predicted octanol–water partition coefficient (Wildman–Crippen LogP) is 3.71. The number of aliphatic hydroxyl groups is 1. The van der Waals surface area contributed by atoms with Crippen LogP contribution in [-0.4, -0.2) is 53.6 Å². The quantitative estimate of drug-likeness (QED) is 0.768. The van der Waals surface area contributed by atoms with Gasteiger partial charge >= 0.3 is 0 Å². The lowest BCUT2D eigenvalue weighted by Crippen LogP contribution is -2.50. The van der Waals surface area contributed by atoms with Gasteiger partial charge in [0.05, 0.1) is 11.5 Å². The van der Waals surface area contributed by atoms with Gasteiger partial charge in [0.25, 0.3) is 0 Å². The highest BCUT2D eigenvalue weighted by Gasteiger charge is 2.50. The number of aryl methyl sites for hydroxylation is 1. The number of nitrogens with zero attached hydrogens (tertiary/aromatic N) is 2. The third kappa shape index (κ3) is 4.45. The third-order valence-corrected chi connectivity index (χ3v) is 7.56. The second-order valence-electron chi connectivity index (χ2n) is 10.2. The maximum atomic E-state index is 13.6.